The molecule has 5 heterocycles. The minimum absolute atomic E-state index is 0.0312. The maximum absolute atomic E-state index is 11.7. The Bertz CT molecular complexity index is 1610. The number of nitro groups is 2. The van der Waals surface area contributed by atoms with Gasteiger partial charge in [0.2, 0.25) is 11.3 Å². The lowest BCUT2D eigenvalue weighted by Gasteiger charge is -2.05. The number of nitrogens with zero attached hydrogens (tertiary/aromatic N) is 7. The molecule has 0 spiro atoms. The normalized spacial score (nSPS) is 10.8. The van der Waals surface area contributed by atoms with Crippen molar-refractivity contribution in [3.05, 3.63) is 102 Å². The third-order valence-corrected chi connectivity index (χ3v) is 5.48. The van der Waals surface area contributed by atoms with Crippen LogP contribution in [0.15, 0.2) is 70.6 Å². The lowest BCUT2D eigenvalue weighted by atomic mass is 10.1. The lowest BCUT2D eigenvalue weighted by Crippen LogP contribution is -2.18. The molecule has 34 heavy (non-hydrogen) atoms. The van der Waals surface area contributed by atoms with Crippen molar-refractivity contribution in [1.82, 2.24) is 23.3 Å². The second-order valence-corrected chi connectivity index (χ2v) is 8.21. The van der Waals surface area contributed by atoms with Gasteiger partial charge in [-0.1, -0.05) is 0 Å². The molecule has 0 unspecified atom stereocenters. The van der Waals surface area contributed by atoms with Crippen molar-refractivity contribution in [3.63, 3.8) is 0 Å². The SMILES string of the molecule is Cc1cc(-c2ccc3ncc([N+](=O)[O-])n3c2)cn(C)c1=O.O=[N+]([O-])c1cnc2ccc(Br)cn12. The maximum Gasteiger partial charge on any atom is 0.347 e. The molecule has 13 heteroatoms. The molecule has 0 radical (unpaired) electrons. The quantitative estimate of drug-likeness (QED) is 0.256. The second kappa shape index (κ2) is 8.86. The van der Waals surface area contributed by atoms with E-state index >= 15 is 0 Å². The standard InChI is InChI=1S/C14H12N4O3.C7H4BrN3O2/c1-9-5-11(7-16(2)14(9)19)10-3-4-12-15-6-13(18(20)21)17(12)8-10;8-5-1-2-6-9-3-7(11(12)13)10(6)4-5/h3-8H,1-2H3;1-4H. The minimum atomic E-state index is -0.476. The molecule has 172 valence electrons. The topological polar surface area (TPSA) is 143 Å². The van der Waals surface area contributed by atoms with Gasteiger partial charge in [0.05, 0.1) is 4.47 Å². The molecular weight excluding hydrogens is 510 g/mol. The van der Waals surface area contributed by atoms with E-state index in [2.05, 4.69) is 25.9 Å². The number of aromatic nitrogens is 5. The minimum Gasteiger partial charge on any atom is -0.358 e. The summed E-state index contributed by atoms with van der Waals surface area (Å²) in [4.78, 5) is 40.1. The van der Waals surface area contributed by atoms with Crippen LogP contribution in [0.2, 0.25) is 0 Å². The Morgan fingerprint density at radius 3 is 1.97 bits per heavy atom. The van der Waals surface area contributed by atoms with Crippen LogP contribution in [0.5, 0.6) is 0 Å². The average Bonchev–Trinajstić information content (AvgIpc) is 3.41. The van der Waals surface area contributed by atoms with E-state index in [1.807, 2.05) is 6.07 Å². The van der Waals surface area contributed by atoms with E-state index in [-0.39, 0.29) is 17.2 Å². The zero-order valence-corrected chi connectivity index (χ0v) is 19.4. The van der Waals surface area contributed by atoms with E-state index < -0.39 is 9.85 Å². The largest absolute Gasteiger partial charge is 0.358 e. The molecule has 0 bridgehead atoms. The number of hydrogen-bond donors (Lipinski definition) is 0. The summed E-state index contributed by atoms with van der Waals surface area (Å²) in [5.74, 6) is -0.121. The fourth-order valence-corrected chi connectivity index (χ4v) is 3.72. The molecule has 0 saturated carbocycles. The molecule has 0 aliphatic rings. The zero-order valence-electron chi connectivity index (χ0n) is 17.8. The zero-order chi connectivity index (χ0) is 24.6. The first-order chi connectivity index (χ1) is 16.2. The van der Waals surface area contributed by atoms with Crippen molar-refractivity contribution in [1.29, 1.82) is 0 Å². The molecule has 5 aromatic heterocycles. The number of hydrogen-bond acceptors (Lipinski definition) is 7. The number of halogens is 1. The molecule has 5 rings (SSSR count). The first-order valence-corrected chi connectivity index (χ1v) is 10.5. The van der Waals surface area contributed by atoms with Crippen molar-refractivity contribution < 1.29 is 9.85 Å². The predicted octanol–water partition coefficient (Wildman–Crippen LogP) is 3.92. The smallest absolute Gasteiger partial charge is 0.347 e. The molecule has 0 aromatic carbocycles. The van der Waals surface area contributed by atoms with E-state index in [1.54, 1.807) is 56.8 Å². The summed E-state index contributed by atoms with van der Waals surface area (Å²) in [6, 6.07) is 8.80. The highest BCUT2D eigenvalue weighted by Gasteiger charge is 2.15. The highest BCUT2D eigenvalue weighted by atomic mass is 79.9. The van der Waals surface area contributed by atoms with E-state index in [9.17, 15) is 25.0 Å². The highest BCUT2D eigenvalue weighted by Crippen LogP contribution is 2.23. The highest BCUT2D eigenvalue weighted by molar-refractivity contribution is 9.10. The molecule has 0 saturated heterocycles. The van der Waals surface area contributed by atoms with Crippen LogP contribution in [0.3, 0.4) is 0 Å². The molecule has 0 fully saturated rings. The summed E-state index contributed by atoms with van der Waals surface area (Å²) < 4.78 is 5.12. The van der Waals surface area contributed by atoms with Crippen LogP contribution in [0, 0.1) is 27.2 Å². The van der Waals surface area contributed by atoms with Crippen LogP contribution >= 0.6 is 15.9 Å². The summed E-state index contributed by atoms with van der Waals surface area (Å²) in [6.07, 6.45) is 7.44. The van der Waals surface area contributed by atoms with Crippen LogP contribution in [0.25, 0.3) is 22.4 Å². The number of rotatable bonds is 3. The second-order valence-electron chi connectivity index (χ2n) is 7.30. The lowest BCUT2D eigenvalue weighted by molar-refractivity contribution is -0.390. The van der Waals surface area contributed by atoms with Crippen molar-refractivity contribution in [2.24, 2.45) is 7.05 Å². The first kappa shape index (κ1) is 22.8. The molecule has 0 aliphatic carbocycles. The molecular formula is C21H16BrN7O5. The van der Waals surface area contributed by atoms with Gasteiger partial charge in [-0.3, -0.25) is 4.79 Å². The number of pyridine rings is 3. The van der Waals surface area contributed by atoms with Gasteiger partial charge >= 0.3 is 11.6 Å². The van der Waals surface area contributed by atoms with Gasteiger partial charge in [-0.05, 0) is 50.9 Å². The Morgan fingerprint density at radius 1 is 0.853 bits per heavy atom. The van der Waals surface area contributed by atoms with Gasteiger partial charge in [0.1, 0.15) is 24.8 Å². The molecule has 0 N–H and O–H groups in total. The number of imidazole rings is 2. The van der Waals surface area contributed by atoms with Crippen molar-refractivity contribution in [3.8, 4) is 11.1 Å². The maximum atomic E-state index is 11.7. The van der Waals surface area contributed by atoms with Gasteiger partial charge in [0, 0.05) is 42.1 Å². The van der Waals surface area contributed by atoms with Crippen LogP contribution in [0.1, 0.15) is 5.56 Å². The van der Waals surface area contributed by atoms with Crippen LogP contribution in [-0.2, 0) is 7.05 Å². The first-order valence-electron chi connectivity index (χ1n) is 9.72. The average molecular weight is 526 g/mol. The Balaban J connectivity index is 0.000000180. The Morgan fingerprint density at radius 2 is 1.41 bits per heavy atom. The summed E-state index contributed by atoms with van der Waals surface area (Å²) in [5, 5.41) is 21.5. The molecule has 5 aromatic rings. The van der Waals surface area contributed by atoms with Crippen molar-refractivity contribution >= 4 is 38.9 Å². The van der Waals surface area contributed by atoms with Crippen LogP contribution in [-0.4, -0.2) is 33.2 Å². The van der Waals surface area contributed by atoms with E-state index in [0.717, 1.165) is 15.6 Å². The van der Waals surface area contributed by atoms with Gasteiger partial charge in [0.25, 0.3) is 5.56 Å². The van der Waals surface area contributed by atoms with E-state index in [1.165, 1.54) is 25.8 Å². The van der Waals surface area contributed by atoms with E-state index in [0.29, 0.717) is 16.9 Å². The fraction of sp³-hybridized carbons (Fsp3) is 0.0952. The predicted molar refractivity (Wildman–Crippen MR) is 127 cm³/mol. The van der Waals surface area contributed by atoms with Gasteiger partial charge < -0.3 is 24.8 Å². The molecule has 0 atom stereocenters. The molecule has 12 nitrogen and oxygen atoms in total. The van der Waals surface area contributed by atoms with Gasteiger partial charge in [0.15, 0.2) is 0 Å². The van der Waals surface area contributed by atoms with Gasteiger partial charge in [-0.25, -0.2) is 9.97 Å². The monoisotopic (exact) mass is 525 g/mol. The Kier molecular flexibility index (Phi) is 5.94. The number of aryl methyl sites for hydroxylation is 2. The fourth-order valence-electron chi connectivity index (χ4n) is 3.39. The van der Waals surface area contributed by atoms with Crippen molar-refractivity contribution in [2.75, 3.05) is 0 Å². The van der Waals surface area contributed by atoms with Crippen molar-refractivity contribution in [2.45, 2.75) is 6.92 Å². The third kappa shape index (κ3) is 4.28. The summed E-state index contributed by atoms with van der Waals surface area (Å²) in [6.45, 7) is 1.74. The summed E-state index contributed by atoms with van der Waals surface area (Å²) >= 11 is 3.23. The van der Waals surface area contributed by atoms with Gasteiger partial charge in [-0.15, -0.1) is 0 Å². The number of fused-ring (bicyclic) bond motifs is 2. The summed E-state index contributed by atoms with van der Waals surface area (Å²) in [7, 11) is 1.68. The van der Waals surface area contributed by atoms with Gasteiger partial charge in [-0.2, -0.15) is 8.80 Å². The van der Waals surface area contributed by atoms with E-state index in [4.69, 9.17) is 0 Å². The molecule has 0 amide bonds. The summed E-state index contributed by atoms with van der Waals surface area (Å²) in [5.41, 5.74) is 3.23. The van der Waals surface area contributed by atoms with Crippen LogP contribution in [0.4, 0.5) is 11.6 Å². The third-order valence-electron chi connectivity index (χ3n) is 5.01. The Labute approximate surface area is 199 Å². The van der Waals surface area contributed by atoms with Crippen LogP contribution < -0.4 is 5.56 Å². The Hall–Kier alpha value is -4.39. The molecule has 0 aliphatic heterocycles.